The van der Waals surface area contributed by atoms with Crippen LogP contribution in [0.5, 0.6) is 5.75 Å². The third kappa shape index (κ3) is 3.83. The van der Waals surface area contributed by atoms with Crippen molar-refractivity contribution in [3.05, 3.63) is 72.4 Å². The van der Waals surface area contributed by atoms with Crippen molar-refractivity contribution in [3.63, 3.8) is 0 Å². The van der Waals surface area contributed by atoms with E-state index in [4.69, 9.17) is 4.74 Å². The van der Waals surface area contributed by atoms with Crippen molar-refractivity contribution in [1.29, 1.82) is 5.26 Å². The van der Waals surface area contributed by atoms with E-state index in [1.807, 2.05) is 42.6 Å². The standard InChI is InChI=1S/C25H18N4O3S/c1-32-19-7-3-15(4-8-19)20-9-5-17(14-26)24(28-20)33-22-13-23(30)29(25(22)31)18-6-2-16-10-11-27-21(16)12-18/h2-12,22,27H,13H2,1H3. The first kappa shape index (κ1) is 20.8. The molecule has 1 atom stereocenters. The van der Waals surface area contributed by atoms with E-state index in [-0.39, 0.29) is 18.2 Å². The number of fused-ring (bicyclic) bond motifs is 1. The van der Waals surface area contributed by atoms with Gasteiger partial charge in [0, 0.05) is 23.7 Å². The number of benzene rings is 2. The van der Waals surface area contributed by atoms with Crippen molar-refractivity contribution in [3.8, 4) is 23.1 Å². The van der Waals surface area contributed by atoms with Crippen LogP contribution >= 0.6 is 11.8 Å². The largest absolute Gasteiger partial charge is 0.497 e. The van der Waals surface area contributed by atoms with Crippen molar-refractivity contribution in [2.24, 2.45) is 0 Å². The van der Waals surface area contributed by atoms with E-state index in [9.17, 15) is 14.9 Å². The summed E-state index contributed by atoms with van der Waals surface area (Å²) < 4.78 is 5.20. The van der Waals surface area contributed by atoms with Gasteiger partial charge in [-0.05, 0) is 60.0 Å². The minimum atomic E-state index is -0.650. The molecule has 8 heteroatoms. The molecule has 33 heavy (non-hydrogen) atoms. The molecule has 1 aliphatic heterocycles. The smallest absolute Gasteiger partial charge is 0.247 e. The first-order chi connectivity index (χ1) is 16.1. The number of hydrogen-bond acceptors (Lipinski definition) is 6. The fraction of sp³-hybridized carbons (Fsp3) is 0.120. The number of aromatic nitrogens is 2. The zero-order valence-electron chi connectivity index (χ0n) is 17.6. The van der Waals surface area contributed by atoms with E-state index < -0.39 is 5.25 Å². The SMILES string of the molecule is COc1ccc(-c2ccc(C#N)c(SC3CC(=O)N(c4ccc5cc[nH]c5c4)C3=O)n2)cc1. The Balaban J connectivity index is 1.42. The molecule has 2 aromatic carbocycles. The molecule has 0 radical (unpaired) electrons. The molecule has 1 fully saturated rings. The van der Waals surface area contributed by atoms with Crippen LogP contribution in [-0.2, 0) is 9.59 Å². The Hall–Kier alpha value is -4.09. The molecule has 1 unspecified atom stereocenters. The molecular formula is C25H18N4O3S. The van der Waals surface area contributed by atoms with Gasteiger partial charge in [-0.15, -0.1) is 0 Å². The number of anilines is 1. The molecule has 4 aromatic rings. The van der Waals surface area contributed by atoms with E-state index >= 15 is 0 Å². The van der Waals surface area contributed by atoms with Gasteiger partial charge >= 0.3 is 0 Å². The predicted molar refractivity (Wildman–Crippen MR) is 126 cm³/mol. The Bertz CT molecular complexity index is 1420. The van der Waals surface area contributed by atoms with Gasteiger partial charge in [0.1, 0.15) is 16.8 Å². The number of pyridine rings is 1. The number of carbonyl (C=O) groups is 2. The molecule has 0 bridgehead atoms. The van der Waals surface area contributed by atoms with Crippen LogP contribution in [0.1, 0.15) is 12.0 Å². The average molecular weight is 455 g/mol. The molecule has 0 saturated carbocycles. The van der Waals surface area contributed by atoms with Gasteiger partial charge in [-0.2, -0.15) is 5.26 Å². The number of nitrogens with zero attached hydrogens (tertiary/aromatic N) is 3. The molecule has 162 valence electrons. The molecule has 5 rings (SSSR count). The third-order valence-electron chi connectivity index (χ3n) is 5.52. The monoisotopic (exact) mass is 454 g/mol. The fourth-order valence-corrected chi connectivity index (χ4v) is 4.91. The summed E-state index contributed by atoms with van der Waals surface area (Å²) in [5.41, 5.74) is 3.28. The van der Waals surface area contributed by atoms with E-state index in [0.717, 1.165) is 34.0 Å². The Morgan fingerprint density at radius 2 is 1.94 bits per heavy atom. The third-order valence-corrected chi connectivity index (χ3v) is 6.71. The van der Waals surface area contributed by atoms with Gasteiger partial charge < -0.3 is 9.72 Å². The highest BCUT2D eigenvalue weighted by Gasteiger charge is 2.40. The number of carbonyl (C=O) groups excluding carboxylic acids is 2. The van der Waals surface area contributed by atoms with Crippen LogP contribution < -0.4 is 9.64 Å². The van der Waals surface area contributed by atoms with Crippen LogP contribution in [0, 0.1) is 11.3 Å². The molecule has 7 nitrogen and oxygen atoms in total. The van der Waals surface area contributed by atoms with Crippen molar-refractivity contribution in [2.45, 2.75) is 16.7 Å². The first-order valence-electron chi connectivity index (χ1n) is 10.2. The van der Waals surface area contributed by atoms with E-state index in [1.54, 1.807) is 31.4 Å². The first-order valence-corrected chi connectivity index (χ1v) is 11.1. The second-order valence-electron chi connectivity index (χ2n) is 7.52. The maximum Gasteiger partial charge on any atom is 0.247 e. The summed E-state index contributed by atoms with van der Waals surface area (Å²) in [5, 5.41) is 10.3. The summed E-state index contributed by atoms with van der Waals surface area (Å²) in [4.78, 5) is 34.9. The average Bonchev–Trinajstić information content (AvgIpc) is 3.42. The van der Waals surface area contributed by atoms with Crippen LogP contribution in [0.3, 0.4) is 0 Å². The summed E-state index contributed by atoms with van der Waals surface area (Å²) in [6, 6.07) is 20.4. The summed E-state index contributed by atoms with van der Waals surface area (Å²) in [6.45, 7) is 0. The van der Waals surface area contributed by atoms with Crippen molar-refractivity contribution < 1.29 is 14.3 Å². The number of hydrogen-bond donors (Lipinski definition) is 1. The van der Waals surface area contributed by atoms with Crippen LogP contribution in [-0.4, -0.2) is 34.1 Å². The number of H-pyrrole nitrogens is 1. The normalized spacial score (nSPS) is 15.8. The Labute approximate surface area is 194 Å². The number of ether oxygens (including phenoxy) is 1. The molecule has 0 spiro atoms. The Morgan fingerprint density at radius 3 is 2.70 bits per heavy atom. The second kappa shape index (κ2) is 8.45. The number of rotatable bonds is 5. The highest BCUT2D eigenvalue weighted by Crippen LogP contribution is 2.36. The Morgan fingerprint density at radius 1 is 1.12 bits per heavy atom. The highest BCUT2D eigenvalue weighted by molar-refractivity contribution is 8.00. The highest BCUT2D eigenvalue weighted by atomic mass is 32.2. The zero-order valence-corrected chi connectivity index (χ0v) is 18.4. The summed E-state index contributed by atoms with van der Waals surface area (Å²) in [5.74, 6) is 0.152. The summed E-state index contributed by atoms with van der Waals surface area (Å²) in [7, 11) is 1.60. The maximum absolute atomic E-state index is 13.2. The fourth-order valence-electron chi connectivity index (χ4n) is 3.81. The number of nitriles is 1. The molecule has 1 saturated heterocycles. The van der Waals surface area contributed by atoms with Gasteiger partial charge in [0.2, 0.25) is 11.8 Å². The Kier molecular flexibility index (Phi) is 5.32. The number of nitrogens with one attached hydrogen (secondary N) is 1. The van der Waals surface area contributed by atoms with Crippen LogP contribution in [0.2, 0.25) is 0 Å². The van der Waals surface area contributed by atoms with Gasteiger partial charge in [0.15, 0.2) is 0 Å². The van der Waals surface area contributed by atoms with Crippen LogP contribution in [0.15, 0.2) is 71.9 Å². The van der Waals surface area contributed by atoms with Crippen molar-refractivity contribution >= 4 is 40.2 Å². The minimum absolute atomic E-state index is 0.0472. The van der Waals surface area contributed by atoms with Crippen molar-refractivity contribution in [2.75, 3.05) is 12.0 Å². The molecule has 2 aromatic heterocycles. The minimum Gasteiger partial charge on any atom is -0.497 e. The van der Waals surface area contributed by atoms with Gasteiger partial charge in [0.25, 0.3) is 0 Å². The van der Waals surface area contributed by atoms with E-state index in [2.05, 4.69) is 16.0 Å². The molecule has 1 aliphatic rings. The molecule has 2 amide bonds. The molecule has 3 heterocycles. The lowest BCUT2D eigenvalue weighted by molar-refractivity contribution is -0.121. The van der Waals surface area contributed by atoms with Crippen LogP contribution in [0.25, 0.3) is 22.2 Å². The quantitative estimate of drug-likeness (QED) is 0.445. The lowest BCUT2D eigenvalue weighted by Crippen LogP contribution is -2.31. The predicted octanol–water partition coefficient (Wildman–Crippen LogP) is 4.53. The zero-order chi connectivity index (χ0) is 22.9. The second-order valence-corrected chi connectivity index (χ2v) is 8.71. The van der Waals surface area contributed by atoms with E-state index in [1.165, 1.54) is 4.90 Å². The molecule has 1 N–H and O–H groups in total. The number of aromatic amines is 1. The lowest BCUT2D eigenvalue weighted by Gasteiger charge is -2.15. The lowest BCUT2D eigenvalue weighted by atomic mass is 10.1. The maximum atomic E-state index is 13.2. The van der Waals surface area contributed by atoms with Gasteiger partial charge in [0.05, 0.1) is 29.3 Å². The van der Waals surface area contributed by atoms with E-state index in [0.29, 0.717) is 22.0 Å². The summed E-state index contributed by atoms with van der Waals surface area (Å²) in [6.07, 6.45) is 1.86. The van der Waals surface area contributed by atoms with Crippen LogP contribution in [0.4, 0.5) is 5.69 Å². The van der Waals surface area contributed by atoms with Gasteiger partial charge in [-0.1, -0.05) is 17.8 Å². The number of methoxy groups -OCH3 is 1. The molecule has 0 aliphatic carbocycles. The van der Waals surface area contributed by atoms with Gasteiger partial charge in [-0.25, -0.2) is 9.88 Å². The number of amides is 2. The summed E-state index contributed by atoms with van der Waals surface area (Å²) >= 11 is 1.16. The van der Waals surface area contributed by atoms with Gasteiger partial charge in [-0.3, -0.25) is 9.59 Å². The number of imide groups is 1. The number of thioether (sulfide) groups is 1. The topological polar surface area (TPSA) is 99.1 Å². The molecular weight excluding hydrogens is 436 g/mol. The van der Waals surface area contributed by atoms with Crippen molar-refractivity contribution in [1.82, 2.24) is 9.97 Å².